The highest BCUT2D eigenvalue weighted by Crippen LogP contribution is 2.33. The number of nitrogens with one attached hydrogen (secondary N) is 1. The molecule has 0 aliphatic rings. The number of amides is 1. The van der Waals surface area contributed by atoms with Crippen molar-refractivity contribution in [3.05, 3.63) is 90.8 Å². The summed E-state index contributed by atoms with van der Waals surface area (Å²) in [7, 11) is 0. The van der Waals surface area contributed by atoms with E-state index in [4.69, 9.17) is 21.1 Å². The number of hydrogen-bond donors (Lipinski definition) is 1. The van der Waals surface area contributed by atoms with Gasteiger partial charge in [0.1, 0.15) is 18.2 Å². The van der Waals surface area contributed by atoms with E-state index >= 15 is 0 Å². The smallest absolute Gasteiger partial charge is 0.266 e. The summed E-state index contributed by atoms with van der Waals surface area (Å²) in [6, 6.07) is 18.4. The maximum Gasteiger partial charge on any atom is 0.266 e. The third-order valence-electron chi connectivity index (χ3n) is 4.65. The number of halogens is 3. The Morgan fingerprint density at radius 3 is 2.47 bits per heavy atom. The van der Waals surface area contributed by atoms with Crippen LogP contribution in [0.5, 0.6) is 11.5 Å². The molecule has 0 unspecified atom stereocenters. The summed E-state index contributed by atoms with van der Waals surface area (Å²) in [6.07, 6.45) is 1.51. The summed E-state index contributed by atoms with van der Waals surface area (Å²) in [5.74, 6) is 0.543. The zero-order chi connectivity index (χ0) is 24.7. The number of carbonyl (C=O) groups excluding carboxylic acids is 1. The number of aryl methyl sites for hydroxylation is 1. The van der Waals surface area contributed by atoms with Gasteiger partial charge in [0, 0.05) is 14.0 Å². The van der Waals surface area contributed by atoms with Gasteiger partial charge in [0.05, 0.1) is 12.3 Å². The molecule has 0 heterocycles. The molecular weight excluding hydrogens is 584 g/mol. The molecule has 0 spiro atoms. The molecule has 8 heteroatoms. The Balaban J connectivity index is 1.82. The third kappa shape index (κ3) is 6.86. The van der Waals surface area contributed by atoms with Crippen molar-refractivity contribution in [2.75, 3.05) is 11.9 Å². The van der Waals surface area contributed by atoms with Gasteiger partial charge in [-0.1, -0.05) is 29.8 Å². The maximum atomic E-state index is 12.8. The minimum absolute atomic E-state index is 0.0468. The van der Waals surface area contributed by atoms with Gasteiger partial charge in [0.2, 0.25) is 0 Å². The van der Waals surface area contributed by atoms with Gasteiger partial charge in [-0.2, -0.15) is 5.26 Å². The van der Waals surface area contributed by atoms with E-state index in [1.54, 1.807) is 24.3 Å². The number of rotatable bonds is 8. The number of hydrogen-bond acceptors (Lipinski definition) is 4. The molecule has 0 atom stereocenters. The molecule has 1 N–H and O–H groups in total. The van der Waals surface area contributed by atoms with Crippen LogP contribution >= 0.6 is 43.5 Å². The van der Waals surface area contributed by atoms with E-state index in [-0.39, 0.29) is 5.57 Å². The first-order chi connectivity index (χ1) is 16.3. The molecule has 0 fully saturated rings. The van der Waals surface area contributed by atoms with Crippen LogP contribution in [-0.2, 0) is 11.4 Å². The van der Waals surface area contributed by atoms with E-state index in [9.17, 15) is 10.1 Å². The molecule has 0 aliphatic carbocycles. The van der Waals surface area contributed by atoms with Crippen LogP contribution in [0.4, 0.5) is 5.69 Å². The van der Waals surface area contributed by atoms with E-state index < -0.39 is 5.91 Å². The zero-order valence-corrected chi connectivity index (χ0v) is 22.4. The lowest BCUT2D eigenvalue weighted by atomic mass is 10.1. The quantitative estimate of drug-likeness (QED) is 0.211. The SMILES string of the molecule is CCOc1cc(/C=C(\C#N)C(=O)Nc2c(Br)cc(C)cc2Br)ccc1OCc1cccc(Cl)c1. The van der Waals surface area contributed by atoms with Crippen LogP contribution in [0.25, 0.3) is 6.08 Å². The van der Waals surface area contributed by atoms with Crippen molar-refractivity contribution < 1.29 is 14.3 Å². The molecule has 174 valence electrons. The second kappa shape index (κ2) is 12.1. The molecule has 0 radical (unpaired) electrons. The summed E-state index contributed by atoms with van der Waals surface area (Å²) in [6.45, 7) is 4.57. The van der Waals surface area contributed by atoms with Gasteiger partial charge >= 0.3 is 0 Å². The molecule has 3 aromatic carbocycles. The van der Waals surface area contributed by atoms with E-state index in [1.165, 1.54) is 6.08 Å². The molecule has 1 amide bonds. The van der Waals surface area contributed by atoms with Crippen LogP contribution in [0.1, 0.15) is 23.6 Å². The van der Waals surface area contributed by atoms with Gasteiger partial charge in [-0.3, -0.25) is 4.79 Å². The Labute approximate surface area is 220 Å². The number of ether oxygens (including phenoxy) is 2. The summed E-state index contributed by atoms with van der Waals surface area (Å²) in [4.78, 5) is 12.8. The third-order valence-corrected chi connectivity index (χ3v) is 6.14. The molecular formula is C26H21Br2ClN2O3. The first-order valence-corrected chi connectivity index (χ1v) is 12.3. The fourth-order valence-electron chi connectivity index (χ4n) is 3.11. The number of anilines is 1. The summed E-state index contributed by atoms with van der Waals surface area (Å²) in [5.41, 5.74) is 3.09. The van der Waals surface area contributed by atoms with Crippen molar-refractivity contribution in [2.24, 2.45) is 0 Å². The molecule has 5 nitrogen and oxygen atoms in total. The zero-order valence-electron chi connectivity index (χ0n) is 18.5. The van der Waals surface area contributed by atoms with Gasteiger partial charge in [0.15, 0.2) is 11.5 Å². The Morgan fingerprint density at radius 2 is 1.82 bits per heavy atom. The lowest BCUT2D eigenvalue weighted by molar-refractivity contribution is -0.112. The molecule has 3 aromatic rings. The van der Waals surface area contributed by atoms with Crippen molar-refractivity contribution in [2.45, 2.75) is 20.5 Å². The average molecular weight is 605 g/mol. The van der Waals surface area contributed by atoms with E-state index in [0.717, 1.165) is 11.1 Å². The Kier molecular flexibility index (Phi) is 9.17. The lowest BCUT2D eigenvalue weighted by Gasteiger charge is -2.13. The number of nitriles is 1. The fourth-order valence-corrected chi connectivity index (χ4v) is 4.93. The number of nitrogens with zero attached hydrogens (tertiary/aromatic N) is 1. The van der Waals surface area contributed by atoms with E-state index in [0.29, 0.717) is 49.9 Å². The second-order valence-electron chi connectivity index (χ2n) is 7.29. The average Bonchev–Trinajstić information content (AvgIpc) is 2.79. The molecule has 0 saturated heterocycles. The first kappa shape index (κ1) is 25.8. The van der Waals surface area contributed by atoms with Crippen LogP contribution in [0.3, 0.4) is 0 Å². The lowest BCUT2D eigenvalue weighted by Crippen LogP contribution is -2.14. The van der Waals surface area contributed by atoms with E-state index in [1.807, 2.05) is 50.2 Å². The molecule has 34 heavy (non-hydrogen) atoms. The van der Waals surface area contributed by atoms with Crippen LogP contribution in [0, 0.1) is 18.3 Å². The Hall–Kier alpha value is -2.79. The van der Waals surface area contributed by atoms with Gasteiger partial charge in [-0.15, -0.1) is 0 Å². The Bertz CT molecular complexity index is 1260. The van der Waals surface area contributed by atoms with Crippen molar-refractivity contribution in [1.82, 2.24) is 0 Å². The molecule has 0 bridgehead atoms. The monoisotopic (exact) mass is 602 g/mol. The number of benzene rings is 3. The van der Waals surface area contributed by atoms with Crippen LogP contribution in [-0.4, -0.2) is 12.5 Å². The van der Waals surface area contributed by atoms with Crippen LogP contribution in [0.15, 0.2) is 69.1 Å². The van der Waals surface area contributed by atoms with Gasteiger partial charge in [0.25, 0.3) is 5.91 Å². The highest BCUT2D eigenvalue weighted by Gasteiger charge is 2.15. The summed E-state index contributed by atoms with van der Waals surface area (Å²) in [5, 5.41) is 13.0. The highest BCUT2D eigenvalue weighted by molar-refractivity contribution is 9.11. The van der Waals surface area contributed by atoms with Gasteiger partial charge in [-0.05, 0) is 105 Å². The van der Waals surface area contributed by atoms with Crippen LogP contribution in [0.2, 0.25) is 5.02 Å². The molecule has 0 saturated carbocycles. The first-order valence-electron chi connectivity index (χ1n) is 10.3. The minimum atomic E-state index is -0.521. The predicted octanol–water partition coefficient (Wildman–Crippen LogP) is 7.70. The second-order valence-corrected chi connectivity index (χ2v) is 9.43. The van der Waals surface area contributed by atoms with Crippen LogP contribution < -0.4 is 14.8 Å². The normalized spacial score (nSPS) is 11.0. The van der Waals surface area contributed by atoms with Crippen molar-refractivity contribution in [1.29, 1.82) is 5.26 Å². The minimum Gasteiger partial charge on any atom is -0.490 e. The summed E-state index contributed by atoms with van der Waals surface area (Å²) < 4.78 is 13.1. The highest BCUT2D eigenvalue weighted by atomic mass is 79.9. The van der Waals surface area contributed by atoms with Crippen molar-refractivity contribution in [3.63, 3.8) is 0 Å². The molecule has 0 aromatic heterocycles. The Morgan fingerprint density at radius 1 is 1.09 bits per heavy atom. The van der Waals surface area contributed by atoms with Crippen molar-refractivity contribution in [3.8, 4) is 17.6 Å². The summed E-state index contributed by atoms with van der Waals surface area (Å²) >= 11 is 12.9. The van der Waals surface area contributed by atoms with Crippen molar-refractivity contribution >= 4 is 61.1 Å². The largest absolute Gasteiger partial charge is 0.490 e. The van der Waals surface area contributed by atoms with E-state index in [2.05, 4.69) is 37.2 Å². The molecule has 3 rings (SSSR count). The van der Waals surface area contributed by atoms with Gasteiger partial charge < -0.3 is 14.8 Å². The number of carbonyl (C=O) groups is 1. The molecule has 0 aliphatic heterocycles. The topological polar surface area (TPSA) is 71.3 Å². The standard InChI is InChI=1S/C26H21Br2ClN2O3/c1-3-33-24-13-17(7-8-23(24)34-15-18-5-4-6-20(29)12-18)11-19(14-30)26(32)31-25-21(27)9-16(2)10-22(25)28/h4-13H,3,15H2,1-2H3,(H,31,32)/b19-11+. The fraction of sp³-hybridized carbons (Fsp3) is 0.154. The van der Waals surface area contributed by atoms with Gasteiger partial charge in [-0.25, -0.2) is 0 Å². The predicted molar refractivity (Wildman–Crippen MR) is 142 cm³/mol. The maximum absolute atomic E-state index is 12.8.